The molecule has 0 saturated heterocycles. The largest absolute Gasteiger partial charge is 0.494 e. The molecule has 1 rings (SSSR count). The first-order valence-corrected chi connectivity index (χ1v) is 5.89. The normalized spacial score (nSPS) is 11.4. The van der Waals surface area contributed by atoms with Gasteiger partial charge in [-0.2, -0.15) is 0 Å². The number of rotatable bonds is 6. The molecule has 16 heavy (non-hydrogen) atoms. The molecule has 0 fully saturated rings. The average molecular weight is 216 g/mol. The molecule has 0 bridgehead atoms. The lowest BCUT2D eigenvalue weighted by molar-refractivity contribution is 0.309. The molecule has 0 aromatic heterocycles. The van der Waals surface area contributed by atoms with Gasteiger partial charge in [0.15, 0.2) is 0 Å². The van der Waals surface area contributed by atoms with Crippen molar-refractivity contribution in [2.45, 2.75) is 26.7 Å². The summed E-state index contributed by atoms with van der Waals surface area (Å²) in [6, 6.07) is 8.18. The van der Waals surface area contributed by atoms with Gasteiger partial charge in [-0.3, -0.25) is 0 Å². The zero-order chi connectivity index (χ0) is 11.6. The lowest BCUT2D eigenvalue weighted by atomic mass is 10.2. The summed E-state index contributed by atoms with van der Waals surface area (Å²) in [6.45, 7) is 4.98. The van der Waals surface area contributed by atoms with Gasteiger partial charge in [0.05, 0.1) is 6.61 Å². The Labute approximate surface area is 98.5 Å². The van der Waals surface area contributed by atoms with Gasteiger partial charge in [-0.25, -0.2) is 0 Å². The second-order valence-electron chi connectivity index (χ2n) is 3.66. The van der Waals surface area contributed by atoms with Crippen molar-refractivity contribution < 1.29 is 4.74 Å². The van der Waals surface area contributed by atoms with Crippen LogP contribution in [0.2, 0.25) is 0 Å². The molecule has 1 aromatic carbocycles. The minimum Gasteiger partial charge on any atom is -0.494 e. The highest BCUT2D eigenvalue weighted by Crippen LogP contribution is 2.13. The van der Waals surface area contributed by atoms with Crippen LogP contribution in [0, 0.1) is 0 Å². The summed E-state index contributed by atoms with van der Waals surface area (Å²) >= 11 is 0. The molecule has 0 saturated carbocycles. The maximum atomic E-state index is 5.59. The SMILES string of the molecule is CC=CC=Cc1ccc(OCCCC)cc1. The van der Waals surface area contributed by atoms with Crippen LogP contribution in [0.4, 0.5) is 0 Å². The van der Waals surface area contributed by atoms with Gasteiger partial charge < -0.3 is 4.74 Å². The topological polar surface area (TPSA) is 9.23 Å². The van der Waals surface area contributed by atoms with Crippen LogP contribution in [-0.4, -0.2) is 6.61 Å². The summed E-state index contributed by atoms with van der Waals surface area (Å²) < 4.78 is 5.59. The summed E-state index contributed by atoms with van der Waals surface area (Å²) in [5, 5.41) is 0. The number of hydrogen-bond acceptors (Lipinski definition) is 1. The summed E-state index contributed by atoms with van der Waals surface area (Å²) in [6.07, 6.45) is 10.4. The van der Waals surface area contributed by atoms with Gasteiger partial charge in [0.2, 0.25) is 0 Å². The van der Waals surface area contributed by atoms with Crippen LogP contribution in [0.15, 0.2) is 42.5 Å². The van der Waals surface area contributed by atoms with Crippen molar-refractivity contribution in [1.29, 1.82) is 0 Å². The summed E-state index contributed by atoms with van der Waals surface area (Å²) in [7, 11) is 0. The van der Waals surface area contributed by atoms with Crippen LogP contribution < -0.4 is 4.74 Å². The first kappa shape index (κ1) is 12.6. The monoisotopic (exact) mass is 216 g/mol. The first-order chi connectivity index (χ1) is 7.86. The molecule has 1 heteroatoms. The van der Waals surface area contributed by atoms with Gasteiger partial charge in [0, 0.05) is 0 Å². The number of hydrogen-bond donors (Lipinski definition) is 0. The molecule has 0 spiro atoms. The zero-order valence-corrected chi connectivity index (χ0v) is 10.1. The lowest BCUT2D eigenvalue weighted by Gasteiger charge is -2.04. The molecule has 0 aliphatic rings. The van der Waals surface area contributed by atoms with Crippen LogP contribution in [-0.2, 0) is 0 Å². The van der Waals surface area contributed by atoms with Crippen LogP contribution in [0.5, 0.6) is 5.75 Å². The zero-order valence-electron chi connectivity index (χ0n) is 10.1. The van der Waals surface area contributed by atoms with Crippen LogP contribution in [0.1, 0.15) is 32.3 Å². The Kier molecular flexibility index (Phi) is 6.09. The fourth-order valence-electron chi connectivity index (χ4n) is 1.29. The predicted octanol–water partition coefficient (Wildman–Crippen LogP) is 4.45. The molecule has 0 atom stereocenters. The third-order valence-electron chi connectivity index (χ3n) is 2.24. The van der Waals surface area contributed by atoms with E-state index in [0.29, 0.717) is 0 Å². The summed E-state index contributed by atoms with van der Waals surface area (Å²) in [4.78, 5) is 0. The third-order valence-corrected chi connectivity index (χ3v) is 2.24. The second kappa shape index (κ2) is 7.75. The third kappa shape index (κ3) is 4.83. The van der Waals surface area contributed by atoms with E-state index in [0.717, 1.165) is 18.8 Å². The molecular formula is C15H20O. The molecule has 1 nitrogen and oxygen atoms in total. The number of benzene rings is 1. The Morgan fingerprint density at radius 2 is 1.88 bits per heavy atom. The van der Waals surface area contributed by atoms with Crippen molar-refractivity contribution in [2.75, 3.05) is 6.61 Å². The molecule has 0 unspecified atom stereocenters. The summed E-state index contributed by atoms with van der Waals surface area (Å²) in [5.41, 5.74) is 1.20. The lowest BCUT2D eigenvalue weighted by Crippen LogP contribution is -1.95. The van der Waals surface area contributed by atoms with Crippen molar-refractivity contribution in [3.63, 3.8) is 0 Å². The smallest absolute Gasteiger partial charge is 0.119 e. The van der Waals surface area contributed by atoms with Gasteiger partial charge in [0.25, 0.3) is 0 Å². The molecule has 0 heterocycles. The van der Waals surface area contributed by atoms with Gasteiger partial charge in [-0.15, -0.1) is 0 Å². The van der Waals surface area contributed by atoms with Gasteiger partial charge >= 0.3 is 0 Å². The molecule has 0 aliphatic heterocycles. The van der Waals surface area contributed by atoms with Crippen molar-refractivity contribution in [3.8, 4) is 5.75 Å². The highest BCUT2D eigenvalue weighted by Gasteiger charge is 1.92. The fourth-order valence-corrected chi connectivity index (χ4v) is 1.29. The number of unbranched alkanes of at least 4 members (excludes halogenated alkanes) is 1. The van der Waals surface area contributed by atoms with Crippen molar-refractivity contribution in [2.24, 2.45) is 0 Å². The van der Waals surface area contributed by atoms with E-state index in [4.69, 9.17) is 4.74 Å². The van der Waals surface area contributed by atoms with Gasteiger partial charge in [0.1, 0.15) is 5.75 Å². The van der Waals surface area contributed by atoms with Crippen molar-refractivity contribution in [1.82, 2.24) is 0 Å². The quantitative estimate of drug-likeness (QED) is 0.504. The second-order valence-corrected chi connectivity index (χ2v) is 3.66. The molecule has 0 N–H and O–H groups in total. The van der Waals surface area contributed by atoms with E-state index in [9.17, 15) is 0 Å². The van der Waals surface area contributed by atoms with Crippen LogP contribution >= 0.6 is 0 Å². The predicted molar refractivity (Wildman–Crippen MR) is 70.7 cm³/mol. The molecule has 1 aromatic rings. The first-order valence-electron chi connectivity index (χ1n) is 5.89. The standard InChI is InChI=1S/C15H20O/c1-3-5-7-8-14-9-11-15(12-10-14)16-13-6-4-2/h3,5,7-12H,4,6,13H2,1-2H3. The maximum absolute atomic E-state index is 5.59. The van der Waals surface area contributed by atoms with Crippen LogP contribution in [0.3, 0.4) is 0 Å². The molecule has 0 aliphatic carbocycles. The Bertz CT molecular complexity index is 333. The maximum Gasteiger partial charge on any atom is 0.119 e. The van der Waals surface area contributed by atoms with E-state index in [1.807, 2.05) is 37.3 Å². The van der Waals surface area contributed by atoms with E-state index in [2.05, 4.69) is 25.1 Å². The summed E-state index contributed by atoms with van der Waals surface area (Å²) in [5.74, 6) is 0.955. The Balaban J connectivity index is 2.47. The van der Waals surface area contributed by atoms with E-state index in [1.54, 1.807) is 0 Å². The molecule has 86 valence electrons. The van der Waals surface area contributed by atoms with E-state index in [-0.39, 0.29) is 0 Å². The highest BCUT2D eigenvalue weighted by atomic mass is 16.5. The minimum absolute atomic E-state index is 0.810. The Morgan fingerprint density at radius 1 is 1.12 bits per heavy atom. The van der Waals surface area contributed by atoms with Crippen molar-refractivity contribution in [3.05, 3.63) is 48.1 Å². The van der Waals surface area contributed by atoms with Gasteiger partial charge in [-0.1, -0.05) is 49.8 Å². The molecular weight excluding hydrogens is 196 g/mol. The van der Waals surface area contributed by atoms with E-state index >= 15 is 0 Å². The Morgan fingerprint density at radius 3 is 2.50 bits per heavy atom. The fraction of sp³-hybridized carbons (Fsp3) is 0.333. The number of allylic oxidation sites excluding steroid dienone is 3. The average Bonchev–Trinajstić information content (AvgIpc) is 2.32. The van der Waals surface area contributed by atoms with Crippen LogP contribution in [0.25, 0.3) is 6.08 Å². The highest BCUT2D eigenvalue weighted by molar-refractivity contribution is 5.52. The van der Waals surface area contributed by atoms with Gasteiger partial charge in [-0.05, 0) is 31.0 Å². The van der Waals surface area contributed by atoms with E-state index in [1.165, 1.54) is 12.0 Å². The number of ether oxygens (including phenoxy) is 1. The Hall–Kier alpha value is -1.50. The minimum atomic E-state index is 0.810. The van der Waals surface area contributed by atoms with Crippen molar-refractivity contribution >= 4 is 6.08 Å². The molecule has 0 radical (unpaired) electrons. The van der Waals surface area contributed by atoms with E-state index < -0.39 is 0 Å². The molecule has 0 amide bonds.